The Morgan fingerprint density at radius 2 is 1.83 bits per heavy atom. The SMILES string of the molecule is COc1cc(C(=O)N2CCC3(CC2)CCN(C(=O)[C@H](C)CSC(C)=O)C3)cc(Cl)n1. The Hall–Kier alpha value is -1.80. The molecule has 0 aliphatic carbocycles. The number of likely N-dealkylation sites (tertiary alicyclic amines) is 2. The molecule has 1 aromatic heterocycles. The first-order valence-corrected chi connectivity index (χ1v) is 11.5. The van der Waals surface area contributed by atoms with Gasteiger partial charge in [-0.25, -0.2) is 4.98 Å². The van der Waals surface area contributed by atoms with Crippen molar-refractivity contribution in [3.8, 4) is 5.88 Å². The number of nitrogens with zero attached hydrogens (tertiary/aromatic N) is 3. The van der Waals surface area contributed by atoms with Gasteiger partial charge in [0, 0.05) is 56.4 Å². The Bertz CT molecular complexity index is 826. The van der Waals surface area contributed by atoms with Gasteiger partial charge in [-0.15, -0.1) is 0 Å². The zero-order valence-electron chi connectivity index (χ0n) is 17.6. The number of pyridine rings is 1. The summed E-state index contributed by atoms with van der Waals surface area (Å²) in [5, 5.41) is 0.269. The van der Waals surface area contributed by atoms with Crippen LogP contribution in [0.1, 0.15) is 43.5 Å². The van der Waals surface area contributed by atoms with Crippen LogP contribution in [0, 0.1) is 11.3 Å². The molecule has 2 saturated heterocycles. The van der Waals surface area contributed by atoms with Crippen molar-refractivity contribution in [2.24, 2.45) is 11.3 Å². The molecule has 9 heteroatoms. The minimum atomic E-state index is -0.165. The number of methoxy groups -OCH3 is 1. The van der Waals surface area contributed by atoms with E-state index in [1.807, 2.05) is 16.7 Å². The molecule has 30 heavy (non-hydrogen) atoms. The Morgan fingerprint density at radius 3 is 2.43 bits per heavy atom. The highest BCUT2D eigenvalue weighted by molar-refractivity contribution is 8.13. The summed E-state index contributed by atoms with van der Waals surface area (Å²) in [7, 11) is 1.49. The van der Waals surface area contributed by atoms with Gasteiger partial charge in [-0.3, -0.25) is 14.4 Å². The van der Waals surface area contributed by atoms with E-state index in [9.17, 15) is 14.4 Å². The summed E-state index contributed by atoms with van der Waals surface area (Å²) in [4.78, 5) is 44.6. The van der Waals surface area contributed by atoms with Crippen LogP contribution in [0.4, 0.5) is 0 Å². The smallest absolute Gasteiger partial charge is 0.254 e. The summed E-state index contributed by atoms with van der Waals surface area (Å²) in [6, 6.07) is 3.17. The summed E-state index contributed by atoms with van der Waals surface area (Å²) >= 11 is 7.21. The minimum absolute atomic E-state index is 0.0395. The first kappa shape index (κ1) is 22.9. The fourth-order valence-electron chi connectivity index (χ4n) is 4.22. The number of carbonyl (C=O) groups excluding carboxylic acids is 3. The highest BCUT2D eigenvalue weighted by Crippen LogP contribution is 2.41. The normalized spacial score (nSPS) is 19.1. The molecule has 1 spiro atoms. The van der Waals surface area contributed by atoms with Crippen LogP contribution in [0.3, 0.4) is 0 Å². The number of hydrogen-bond donors (Lipinski definition) is 0. The van der Waals surface area contributed by atoms with Crippen molar-refractivity contribution in [3.05, 3.63) is 22.8 Å². The van der Waals surface area contributed by atoms with E-state index in [4.69, 9.17) is 16.3 Å². The number of amides is 2. The second-order valence-corrected chi connectivity index (χ2v) is 9.81. The van der Waals surface area contributed by atoms with Crippen LogP contribution in [-0.4, -0.2) is 70.8 Å². The number of aromatic nitrogens is 1. The molecule has 7 nitrogen and oxygen atoms in total. The zero-order valence-corrected chi connectivity index (χ0v) is 19.2. The molecule has 1 atom stereocenters. The third-order valence-corrected chi connectivity index (χ3v) is 7.31. The maximum atomic E-state index is 12.9. The molecule has 0 aromatic carbocycles. The largest absolute Gasteiger partial charge is 0.481 e. The van der Waals surface area contributed by atoms with Gasteiger partial charge < -0.3 is 14.5 Å². The standard InChI is InChI=1S/C21H28ClN3O4S/c1-14(12-30-15(2)26)19(27)25-9-6-21(13-25)4-7-24(8-5-21)20(28)16-10-17(22)23-18(11-16)29-3/h10-11,14H,4-9,12-13H2,1-3H3/t14-/m1/s1. The molecule has 0 N–H and O–H groups in total. The lowest BCUT2D eigenvalue weighted by molar-refractivity contribution is -0.133. The second-order valence-electron chi connectivity index (χ2n) is 8.23. The van der Waals surface area contributed by atoms with Crippen LogP contribution in [0.2, 0.25) is 5.15 Å². The third kappa shape index (κ3) is 5.27. The van der Waals surface area contributed by atoms with Gasteiger partial charge in [0.2, 0.25) is 11.8 Å². The number of carbonyl (C=O) groups is 3. The molecule has 3 rings (SSSR count). The van der Waals surface area contributed by atoms with Gasteiger partial charge in [-0.05, 0) is 30.7 Å². The molecule has 2 fully saturated rings. The molecule has 1 aromatic rings. The molecule has 2 aliphatic rings. The lowest BCUT2D eigenvalue weighted by Gasteiger charge is -2.39. The molecular formula is C21H28ClN3O4S. The maximum Gasteiger partial charge on any atom is 0.254 e. The zero-order chi connectivity index (χ0) is 21.9. The fourth-order valence-corrected chi connectivity index (χ4v) is 5.05. The number of piperidine rings is 1. The van der Waals surface area contributed by atoms with E-state index in [0.717, 1.165) is 32.4 Å². The Labute approximate surface area is 186 Å². The second kappa shape index (κ2) is 9.56. The average Bonchev–Trinajstić information content (AvgIpc) is 3.14. The molecule has 0 radical (unpaired) electrons. The Balaban J connectivity index is 1.56. The summed E-state index contributed by atoms with van der Waals surface area (Å²) in [5.41, 5.74) is 0.552. The van der Waals surface area contributed by atoms with E-state index in [1.54, 1.807) is 12.1 Å². The topological polar surface area (TPSA) is 79.8 Å². The highest BCUT2D eigenvalue weighted by Gasteiger charge is 2.43. The molecule has 3 heterocycles. The van der Waals surface area contributed by atoms with Crippen molar-refractivity contribution in [2.75, 3.05) is 39.0 Å². The quantitative estimate of drug-likeness (QED) is 0.637. The van der Waals surface area contributed by atoms with Gasteiger partial charge in [0.05, 0.1) is 7.11 Å². The first-order valence-electron chi connectivity index (χ1n) is 10.2. The summed E-state index contributed by atoms with van der Waals surface area (Å²) in [6.45, 7) is 6.20. The molecule has 0 saturated carbocycles. The lowest BCUT2D eigenvalue weighted by atomic mass is 9.77. The van der Waals surface area contributed by atoms with E-state index in [2.05, 4.69) is 4.98 Å². The van der Waals surface area contributed by atoms with Gasteiger partial charge in [-0.2, -0.15) is 0 Å². The third-order valence-electron chi connectivity index (χ3n) is 6.05. The average molecular weight is 454 g/mol. The van der Waals surface area contributed by atoms with Crippen LogP contribution < -0.4 is 4.74 Å². The number of ether oxygens (including phenoxy) is 1. The minimum Gasteiger partial charge on any atom is -0.481 e. The van der Waals surface area contributed by atoms with E-state index < -0.39 is 0 Å². The van der Waals surface area contributed by atoms with E-state index >= 15 is 0 Å². The van der Waals surface area contributed by atoms with Gasteiger partial charge in [-0.1, -0.05) is 30.3 Å². The maximum absolute atomic E-state index is 12.9. The van der Waals surface area contributed by atoms with Crippen molar-refractivity contribution in [2.45, 2.75) is 33.1 Å². The highest BCUT2D eigenvalue weighted by atomic mass is 35.5. The van der Waals surface area contributed by atoms with E-state index in [0.29, 0.717) is 30.3 Å². The summed E-state index contributed by atoms with van der Waals surface area (Å²) < 4.78 is 5.11. The van der Waals surface area contributed by atoms with E-state index in [1.165, 1.54) is 25.8 Å². The molecule has 164 valence electrons. The number of halogens is 1. The number of hydrogen-bond acceptors (Lipinski definition) is 6. The molecule has 0 bridgehead atoms. The first-order chi connectivity index (χ1) is 14.2. The molecule has 0 unspecified atom stereocenters. The predicted octanol–water partition coefficient (Wildman–Crippen LogP) is 3.11. The number of rotatable bonds is 5. The lowest BCUT2D eigenvalue weighted by Crippen LogP contribution is -2.45. The molecule has 2 amide bonds. The van der Waals surface area contributed by atoms with Gasteiger partial charge in [0.25, 0.3) is 5.91 Å². The fraction of sp³-hybridized carbons (Fsp3) is 0.619. The van der Waals surface area contributed by atoms with Gasteiger partial charge in [0.15, 0.2) is 5.12 Å². The van der Waals surface area contributed by atoms with Crippen molar-refractivity contribution in [1.82, 2.24) is 14.8 Å². The van der Waals surface area contributed by atoms with E-state index in [-0.39, 0.29) is 33.4 Å². The predicted molar refractivity (Wildman–Crippen MR) is 117 cm³/mol. The van der Waals surface area contributed by atoms with Crippen LogP contribution in [-0.2, 0) is 9.59 Å². The van der Waals surface area contributed by atoms with Crippen molar-refractivity contribution >= 4 is 40.3 Å². The monoisotopic (exact) mass is 453 g/mol. The summed E-state index contributed by atoms with van der Waals surface area (Å²) in [6.07, 6.45) is 2.70. The van der Waals surface area contributed by atoms with Crippen LogP contribution >= 0.6 is 23.4 Å². The van der Waals surface area contributed by atoms with Gasteiger partial charge in [0.1, 0.15) is 5.15 Å². The van der Waals surface area contributed by atoms with Crippen molar-refractivity contribution < 1.29 is 19.1 Å². The van der Waals surface area contributed by atoms with Crippen LogP contribution in [0.25, 0.3) is 0 Å². The van der Waals surface area contributed by atoms with Crippen molar-refractivity contribution in [3.63, 3.8) is 0 Å². The summed E-state index contributed by atoms with van der Waals surface area (Å²) in [5.74, 6) is 0.729. The van der Waals surface area contributed by atoms with Crippen LogP contribution in [0.15, 0.2) is 12.1 Å². The Morgan fingerprint density at radius 1 is 1.20 bits per heavy atom. The number of thioether (sulfide) groups is 1. The molecule has 2 aliphatic heterocycles. The van der Waals surface area contributed by atoms with Crippen molar-refractivity contribution in [1.29, 1.82) is 0 Å². The van der Waals surface area contributed by atoms with Crippen LogP contribution in [0.5, 0.6) is 5.88 Å². The van der Waals surface area contributed by atoms with Gasteiger partial charge >= 0.3 is 0 Å². The molecular weight excluding hydrogens is 426 g/mol. The Kier molecular flexibility index (Phi) is 7.29.